The maximum absolute atomic E-state index is 12.6. The zero-order chi connectivity index (χ0) is 22.8. The summed E-state index contributed by atoms with van der Waals surface area (Å²) in [6, 6.07) is 9.82. The van der Waals surface area contributed by atoms with E-state index in [9.17, 15) is 4.79 Å². The third kappa shape index (κ3) is 4.12. The van der Waals surface area contributed by atoms with Crippen molar-refractivity contribution in [3.63, 3.8) is 0 Å². The molecule has 1 aliphatic rings. The van der Waals surface area contributed by atoms with Crippen molar-refractivity contribution < 1.29 is 9.53 Å². The minimum atomic E-state index is -0.289. The molecule has 3 N–H and O–H groups in total. The van der Waals surface area contributed by atoms with Gasteiger partial charge in [-0.25, -0.2) is 14.6 Å². The minimum absolute atomic E-state index is 0.128. The lowest BCUT2D eigenvalue weighted by Crippen LogP contribution is -2.26. The molecule has 0 fully saturated rings. The predicted octanol–water partition coefficient (Wildman–Crippen LogP) is 2.39. The van der Waals surface area contributed by atoms with E-state index in [2.05, 4.69) is 20.4 Å². The highest BCUT2D eigenvalue weighted by atomic mass is 16.5. The van der Waals surface area contributed by atoms with Gasteiger partial charge in [-0.1, -0.05) is 0 Å². The number of methoxy groups -OCH3 is 1. The van der Waals surface area contributed by atoms with Gasteiger partial charge in [0.05, 0.1) is 12.8 Å². The third-order valence-electron chi connectivity index (χ3n) is 5.72. The topological polar surface area (TPSA) is 121 Å². The molecule has 0 saturated heterocycles. The Kier molecular flexibility index (Phi) is 5.43. The molecule has 0 saturated carbocycles. The zero-order valence-corrected chi connectivity index (χ0v) is 18.2. The molecule has 0 spiro atoms. The number of aromatic nitrogens is 5. The van der Waals surface area contributed by atoms with E-state index in [0.717, 1.165) is 41.0 Å². The second-order valence-electron chi connectivity index (χ2n) is 7.80. The van der Waals surface area contributed by atoms with E-state index in [-0.39, 0.29) is 17.3 Å². The summed E-state index contributed by atoms with van der Waals surface area (Å²) in [6.07, 6.45) is 9.29. The highest BCUT2D eigenvalue weighted by Gasteiger charge is 2.21. The molecular formula is C24H23N7O2. The van der Waals surface area contributed by atoms with Crippen molar-refractivity contribution in [3.05, 3.63) is 77.4 Å². The van der Waals surface area contributed by atoms with E-state index in [0.29, 0.717) is 18.9 Å². The van der Waals surface area contributed by atoms with Crippen LogP contribution in [0.2, 0.25) is 0 Å². The number of hydrogen-bond donors (Lipinski definition) is 2. The van der Waals surface area contributed by atoms with Gasteiger partial charge in [0, 0.05) is 36.9 Å². The molecule has 0 radical (unpaired) electrons. The van der Waals surface area contributed by atoms with E-state index >= 15 is 0 Å². The molecule has 0 unspecified atom stereocenters. The van der Waals surface area contributed by atoms with Gasteiger partial charge in [0.15, 0.2) is 5.82 Å². The summed E-state index contributed by atoms with van der Waals surface area (Å²) in [5.74, 6) is 1.02. The van der Waals surface area contributed by atoms with Gasteiger partial charge in [0.2, 0.25) is 0 Å². The summed E-state index contributed by atoms with van der Waals surface area (Å²) in [7, 11) is 1.66. The Hall–Kier alpha value is -4.27. The Bertz CT molecular complexity index is 1320. The van der Waals surface area contributed by atoms with Gasteiger partial charge >= 0.3 is 0 Å². The molecule has 0 atom stereocenters. The van der Waals surface area contributed by atoms with Crippen molar-refractivity contribution in [2.24, 2.45) is 0 Å². The number of hydrogen-bond acceptors (Lipinski definition) is 7. The van der Waals surface area contributed by atoms with Crippen molar-refractivity contribution in [3.8, 4) is 23.0 Å². The van der Waals surface area contributed by atoms with Gasteiger partial charge in [0.25, 0.3) is 11.9 Å². The maximum Gasteiger partial charge on any atom is 0.256 e. The number of pyridine rings is 1. The van der Waals surface area contributed by atoms with E-state index in [1.54, 1.807) is 25.7 Å². The normalized spacial score (nSPS) is 12.0. The highest BCUT2D eigenvalue weighted by molar-refractivity contribution is 5.98. The van der Waals surface area contributed by atoms with Crippen LogP contribution >= 0.6 is 0 Å². The first kappa shape index (κ1) is 20.6. The largest absolute Gasteiger partial charge is 0.497 e. The van der Waals surface area contributed by atoms with Crippen LogP contribution in [0.3, 0.4) is 0 Å². The van der Waals surface area contributed by atoms with Gasteiger partial charge in [-0.2, -0.15) is 0 Å². The van der Waals surface area contributed by atoms with E-state index in [1.165, 1.54) is 10.2 Å². The van der Waals surface area contributed by atoms with Crippen LogP contribution in [0.4, 0.5) is 5.82 Å². The number of carbonyl (C=O) groups is 1. The Morgan fingerprint density at radius 1 is 1.18 bits per heavy atom. The molecule has 4 aromatic rings. The number of rotatable bonds is 6. The summed E-state index contributed by atoms with van der Waals surface area (Å²) < 4.78 is 6.80. The van der Waals surface area contributed by atoms with Crippen LogP contribution in [0.15, 0.2) is 55.1 Å². The third-order valence-corrected chi connectivity index (χ3v) is 5.72. The number of nitrogens with two attached hydrogens (primary N) is 1. The van der Waals surface area contributed by atoms with Crippen molar-refractivity contribution >= 4 is 11.7 Å². The quantitative estimate of drug-likeness (QED) is 0.471. The summed E-state index contributed by atoms with van der Waals surface area (Å²) in [5.41, 5.74) is 11.6. The van der Waals surface area contributed by atoms with Crippen molar-refractivity contribution in [2.75, 3.05) is 19.4 Å². The number of ether oxygens (including phenoxy) is 1. The molecule has 9 nitrogen and oxygen atoms in total. The first-order valence-electron chi connectivity index (χ1n) is 10.7. The Morgan fingerprint density at radius 2 is 2.00 bits per heavy atom. The summed E-state index contributed by atoms with van der Waals surface area (Å²) in [4.78, 5) is 25.8. The van der Waals surface area contributed by atoms with Gasteiger partial charge in [-0.05, 0) is 66.3 Å². The number of fused-ring (bicyclic) bond motifs is 3. The number of aryl methyl sites for hydroxylation is 2. The lowest BCUT2D eigenvalue weighted by Gasteiger charge is -2.19. The van der Waals surface area contributed by atoms with Crippen LogP contribution in [0.5, 0.6) is 5.75 Å². The van der Waals surface area contributed by atoms with Crippen molar-refractivity contribution in [1.82, 2.24) is 30.0 Å². The number of nitrogen functional groups attached to an aromatic ring is 1. The van der Waals surface area contributed by atoms with E-state index in [1.807, 2.05) is 36.5 Å². The fraction of sp³-hybridized carbons (Fsp3) is 0.208. The average molecular weight is 441 g/mol. The lowest BCUT2D eigenvalue weighted by molar-refractivity contribution is 0.0955. The van der Waals surface area contributed by atoms with Gasteiger partial charge in [-0.3, -0.25) is 9.78 Å². The number of nitrogens with one attached hydrogen (secondary N) is 1. The van der Waals surface area contributed by atoms with Crippen LogP contribution in [-0.4, -0.2) is 44.3 Å². The minimum Gasteiger partial charge on any atom is -0.497 e. The van der Waals surface area contributed by atoms with Crippen LogP contribution in [-0.2, 0) is 19.3 Å². The van der Waals surface area contributed by atoms with Crippen LogP contribution < -0.4 is 15.8 Å². The number of anilines is 1. The zero-order valence-electron chi connectivity index (χ0n) is 18.2. The Labute approximate surface area is 190 Å². The number of amides is 1. The number of carbonyl (C=O) groups excluding carboxylic acids is 1. The highest BCUT2D eigenvalue weighted by Crippen LogP contribution is 2.34. The molecule has 1 aromatic carbocycles. The molecule has 166 valence electrons. The second kappa shape index (κ2) is 8.70. The van der Waals surface area contributed by atoms with Crippen LogP contribution in [0.1, 0.15) is 27.0 Å². The fourth-order valence-electron chi connectivity index (χ4n) is 3.96. The second-order valence-corrected chi connectivity index (χ2v) is 7.80. The first-order valence-corrected chi connectivity index (χ1v) is 10.7. The molecule has 3 aromatic heterocycles. The van der Waals surface area contributed by atoms with Crippen LogP contribution in [0.25, 0.3) is 17.2 Å². The van der Waals surface area contributed by atoms with Gasteiger partial charge in [0.1, 0.15) is 11.3 Å². The molecule has 3 heterocycles. The monoisotopic (exact) mass is 441 g/mol. The number of benzene rings is 1. The van der Waals surface area contributed by atoms with Crippen molar-refractivity contribution in [1.29, 1.82) is 0 Å². The standard InChI is InChI=1S/C24H23N7O2/c1-33-18-4-5-19-16(12-18)2-3-17-13-28-24(29-21(17)19)31-14-20(22(25)30-31)23(32)27-11-8-15-6-9-26-10-7-15/h4-7,9-10,12-14H,2-3,8,11H2,1H3,(H2,25,30)(H,27,32). The molecule has 0 bridgehead atoms. The van der Waals surface area contributed by atoms with Crippen molar-refractivity contribution in [2.45, 2.75) is 19.3 Å². The first-order chi connectivity index (χ1) is 16.1. The summed E-state index contributed by atoms with van der Waals surface area (Å²) in [5, 5.41) is 7.16. The average Bonchev–Trinajstić information content (AvgIpc) is 3.25. The molecular weight excluding hydrogens is 418 g/mol. The molecule has 33 heavy (non-hydrogen) atoms. The van der Waals surface area contributed by atoms with E-state index < -0.39 is 0 Å². The predicted molar refractivity (Wildman–Crippen MR) is 123 cm³/mol. The Balaban J connectivity index is 1.36. The molecule has 9 heteroatoms. The van der Waals surface area contributed by atoms with Gasteiger partial charge in [-0.15, -0.1) is 5.10 Å². The molecule has 0 aliphatic heterocycles. The SMILES string of the molecule is COc1ccc2c(c1)CCc1cnc(-n3cc(C(=O)NCCc4ccncc4)c(N)n3)nc1-2. The summed E-state index contributed by atoms with van der Waals surface area (Å²) in [6.45, 7) is 0.475. The maximum atomic E-state index is 12.6. The lowest BCUT2D eigenvalue weighted by atomic mass is 9.90. The van der Waals surface area contributed by atoms with Crippen LogP contribution in [0, 0.1) is 0 Å². The molecule has 1 amide bonds. The smallest absolute Gasteiger partial charge is 0.256 e. The number of nitrogens with zero attached hydrogens (tertiary/aromatic N) is 5. The van der Waals surface area contributed by atoms with E-state index in [4.69, 9.17) is 15.5 Å². The fourth-order valence-corrected chi connectivity index (χ4v) is 3.96. The van der Waals surface area contributed by atoms with Gasteiger partial charge < -0.3 is 15.8 Å². The molecule has 5 rings (SSSR count). The Morgan fingerprint density at radius 3 is 2.82 bits per heavy atom. The summed E-state index contributed by atoms with van der Waals surface area (Å²) >= 11 is 0. The molecule has 1 aliphatic carbocycles.